The van der Waals surface area contributed by atoms with Crippen LogP contribution < -0.4 is 10.6 Å². The third kappa shape index (κ3) is 6.08. The molecule has 0 heterocycles. The highest BCUT2D eigenvalue weighted by Crippen LogP contribution is 2.20. The predicted molar refractivity (Wildman–Crippen MR) is 99.9 cm³/mol. The summed E-state index contributed by atoms with van der Waals surface area (Å²) in [4.78, 5) is 23.6. The number of carbonyl (C=O) groups is 2. The highest BCUT2D eigenvalue weighted by molar-refractivity contribution is 9.10. The van der Waals surface area contributed by atoms with Crippen molar-refractivity contribution in [3.8, 4) is 0 Å². The van der Waals surface area contributed by atoms with E-state index in [0.717, 1.165) is 21.4 Å². The van der Waals surface area contributed by atoms with Gasteiger partial charge in [-0.2, -0.15) is 0 Å². The first-order valence-corrected chi connectivity index (χ1v) is 8.98. The summed E-state index contributed by atoms with van der Waals surface area (Å²) >= 11 is 4.70. The minimum Gasteiger partial charge on any atom is -0.325 e. The number of carbonyl (C=O) groups excluding carboxylic acids is 2. The van der Waals surface area contributed by atoms with Crippen molar-refractivity contribution in [2.45, 2.75) is 6.92 Å². The van der Waals surface area contributed by atoms with E-state index >= 15 is 0 Å². The number of nitrogens with one attached hydrogen (secondary N) is 2. The summed E-state index contributed by atoms with van der Waals surface area (Å²) in [6, 6.07) is 14.9. The molecular formula is C17H17BrN2O2S. The molecule has 0 aromatic heterocycles. The molecule has 0 saturated carbocycles. The molecule has 0 aliphatic heterocycles. The first-order valence-electron chi connectivity index (χ1n) is 7.03. The van der Waals surface area contributed by atoms with E-state index in [4.69, 9.17) is 0 Å². The summed E-state index contributed by atoms with van der Waals surface area (Å²) in [5.41, 5.74) is 2.57. The molecule has 2 rings (SSSR count). The van der Waals surface area contributed by atoms with Gasteiger partial charge in [0, 0.05) is 15.8 Å². The van der Waals surface area contributed by atoms with Crippen molar-refractivity contribution in [3.63, 3.8) is 0 Å². The van der Waals surface area contributed by atoms with Gasteiger partial charge in [-0.1, -0.05) is 34.1 Å². The predicted octanol–water partition coefficient (Wildman–Crippen LogP) is 4.07. The molecule has 4 nitrogen and oxygen atoms in total. The normalized spacial score (nSPS) is 10.2. The number of anilines is 2. The van der Waals surface area contributed by atoms with E-state index in [0.29, 0.717) is 0 Å². The zero-order valence-corrected chi connectivity index (χ0v) is 15.0. The molecule has 2 aromatic carbocycles. The Morgan fingerprint density at radius 2 is 1.57 bits per heavy atom. The van der Waals surface area contributed by atoms with Crippen molar-refractivity contribution >= 4 is 50.9 Å². The molecule has 0 aliphatic carbocycles. The van der Waals surface area contributed by atoms with Crippen molar-refractivity contribution in [2.24, 2.45) is 0 Å². The Balaban J connectivity index is 1.72. The molecule has 2 N–H and O–H groups in total. The third-order valence-corrected chi connectivity index (χ3v) is 4.79. The van der Waals surface area contributed by atoms with Crippen molar-refractivity contribution < 1.29 is 9.59 Å². The largest absolute Gasteiger partial charge is 0.325 e. The second-order valence-electron chi connectivity index (χ2n) is 4.92. The summed E-state index contributed by atoms with van der Waals surface area (Å²) in [7, 11) is 0. The molecule has 2 amide bonds. The van der Waals surface area contributed by atoms with Gasteiger partial charge in [0.2, 0.25) is 11.8 Å². The summed E-state index contributed by atoms with van der Waals surface area (Å²) in [5, 5.41) is 5.60. The average Bonchev–Trinajstić information content (AvgIpc) is 2.52. The van der Waals surface area contributed by atoms with Crippen molar-refractivity contribution in [2.75, 3.05) is 22.1 Å². The molecule has 6 heteroatoms. The van der Waals surface area contributed by atoms with Crippen molar-refractivity contribution in [1.82, 2.24) is 0 Å². The van der Waals surface area contributed by atoms with E-state index in [2.05, 4.69) is 26.6 Å². The standard InChI is InChI=1S/C17H17BrN2O2S/c1-12-9-14(7-8-15(12)18)20-17(22)11-23-10-16(21)19-13-5-3-2-4-6-13/h2-9H,10-11H2,1H3,(H,19,21)(H,20,22). The van der Waals surface area contributed by atoms with Crippen LogP contribution >= 0.6 is 27.7 Å². The minimum absolute atomic E-state index is 0.117. The first-order chi connectivity index (χ1) is 11.0. The fourth-order valence-corrected chi connectivity index (χ4v) is 2.74. The van der Waals surface area contributed by atoms with Gasteiger partial charge in [-0.05, 0) is 42.8 Å². The van der Waals surface area contributed by atoms with Gasteiger partial charge >= 0.3 is 0 Å². The molecule has 0 atom stereocenters. The van der Waals surface area contributed by atoms with E-state index in [9.17, 15) is 9.59 Å². The third-order valence-electron chi connectivity index (χ3n) is 2.97. The van der Waals surface area contributed by atoms with Crippen LogP contribution in [0, 0.1) is 6.92 Å². The molecule has 0 radical (unpaired) electrons. The fraction of sp³-hybridized carbons (Fsp3) is 0.176. The number of hydrogen-bond donors (Lipinski definition) is 2. The molecule has 120 valence electrons. The Bertz CT molecular complexity index is 692. The Labute approximate surface area is 148 Å². The minimum atomic E-state index is -0.121. The SMILES string of the molecule is Cc1cc(NC(=O)CSCC(=O)Nc2ccccc2)ccc1Br. The molecule has 0 aliphatic rings. The average molecular weight is 393 g/mol. The van der Waals surface area contributed by atoms with Crippen LogP contribution in [0.5, 0.6) is 0 Å². The lowest BCUT2D eigenvalue weighted by Crippen LogP contribution is -2.18. The number of hydrogen-bond acceptors (Lipinski definition) is 3. The van der Waals surface area contributed by atoms with Crippen LogP contribution in [0.1, 0.15) is 5.56 Å². The number of benzene rings is 2. The van der Waals surface area contributed by atoms with Gasteiger partial charge in [0.1, 0.15) is 0 Å². The number of halogens is 1. The van der Waals surface area contributed by atoms with Gasteiger partial charge in [-0.15, -0.1) is 11.8 Å². The summed E-state index contributed by atoms with van der Waals surface area (Å²) in [6.45, 7) is 1.96. The molecule has 0 spiro atoms. The van der Waals surface area contributed by atoms with E-state index < -0.39 is 0 Å². The number of aryl methyl sites for hydroxylation is 1. The molecule has 23 heavy (non-hydrogen) atoms. The van der Waals surface area contributed by atoms with E-state index in [1.807, 2.05) is 55.5 Å². The van der Waals surface area contributed by atoms with E-state index in [1.54, 1.807) is 0 Å². The fourth-order valence-electron chi connectivity index (χ4n) is 1.87. The maximum absolute atomic E-state index is 11.9. The maximum atomic E-state index is 11.9. The highest BCUT2D eigenvalue weighted by Gasteiger charge is 2.07. The van der Waals surface area contributed by atoms with Crippen LogP contribution in [0.15, 0.2) is 53.0 Å². The van der Waals surface area contributed by atoms with Crippen LogP contribution in [0.4, 0.5) is 11.4 Å². The number of thioether (sulfide) groups is 1. The number of amides is 2. The monoisotopic (exact) mass is 392 g/mol. The van der Waals surface area contributed by atoms with Crippen LogP contribution in [-0.4, -0.2) is 23.3 Å². The highest BCUT2D eigenvalue weighted by atomic mass is 79.9. The lowest BCUT2D eigenvalue weighted by atomic mass is 10.2. The summed E-state index contributed by atoms with van der Waals surface area (Å²) < 4.78 is 1.00. The van der Waals surface area contributed by atoms with E-state index in [-0.39, 0.29) is 23.3 Å². The van der Waals surface area contributed by atoms with E-state index in [1.165, 1.54) is 11.8 Å². The smallest absolute Gasteiger partial charge is 0.234 e. The zero-order chi connectivity index (χ0) is 16.7. The maximum Gasteiger partial charge on any atom is 0.234 e. The zero-order valence-electron chi connectivity index (χ0n) is 12.6. The van der Waals surface area contributed by atoms with Crippen LogP contribution in [0.2, 0.25) is 0 Å². The number of para-hydroxylation sites is 1. The lowest BCUT2D eigenvalue weighted by Gasteiger charge is -2.07. The van der Waals surface area contributed by atoms with Crippen molar-refractivity contribution in [3.05, 3.63) is 58.6 Å². The second-order valence-corrected chi connectivity index (χ2v) is 6.76. The first kappa shape index (κ1) is 17.6. The molecule has 2 aromatic rings. The number of rotatable bonds is 6. The van der Waals surface area contributed by atoms with Gasteiger partial charge in [0.05, 0.1) is 11.5 Å². The Morgan fingerprint density at radius 3 is 2.17 bits per heavy atom. The van der Waals surface area contributed by atoms with Crippen molar-refractivity contribution in [1.29, 1.82) is 0 Å². The summed E-state index contributed by atoms with van der Waals surface area (Å²) in [5.74, 6) is 0.233. The van der Waals surface area contributed by atoms with Crippen LogP contribution in [0.3, 0.4) is 0 Å². The molecule has 0 saturated heterocycles. The van der Waals surface area contributed by atoms with Gasteiger partial charge in [0.25, 0.3) is 0 Å². The van der Waals surface area contributed by atoms with Crippen LogP contribution in [0.25, 0.3) is 0 Å². The van der Waals surface area contributed by atoms with Gasteiger partial charge in [-0.3, -0.25) is 9.59 Å². The Hall–Kier alpha value is -1.79. The molecular weight excluding hydrogens is 376 g/mol. The van der Waals surface area contributed by atoms with Gasteiger partial charge in [0.15, 0.2) is 0 Å². The second kappa shape index (κ2) is 8.74. The quantitative estimate of drug-likeness (QED) is 0.778. The van der Waals surface area contributed by atoms with Gasteiger partial charge < -0.3 is 10.6 Å². The lowest BCUT2D eigenvalue weighted by molar-refractivity contribution is -0.114. The molecule has 0 unspecified atom stereocenters. The topological polar surface area (TPSA) is 58.2 Å². The summed E-state index contributed by atoms with van der Waals surface area (Å²) in [6.07, 6.45) is 0. The molecule has 0 bridgehead atoms. The van der Waals surface area contributed by atoms with Gasteiger partial charge in [-0.25, -0.2) is 0 Å². The Kier molecular flexibility index (Phi) is 6.67. The van der Waals surface area contributed by atoms with Crippen LogP contribution in [-0.2, 0) is 9.59 Å². The molecule has 0 fully saturated rings. The Morgan fingerprint density at radius 1 is 0.957 bits per heavy atom.